The molecule has 0 aliphatic rings. The molecule has 0 saturated carbocycles. The molecule has 726 valence electrons. The molecule has 0 saturated heterocycles. The Bertz CT molecular complexity index is 5540. The summed E-state index contributed by atoms with van der Waals surface area (Å²) < 4.78 is 37.3. The molecule has 8 aromatic carbocycles. The summed E-state index contributed by atoms with van der Waals surface area (Å²) in [5, 5.41) is 165. The maximum absolute atomic E-state index is 11.1. The van der Waals surface area contributed by atoms with Gasteiger partial charge in [-0.15, -0.1) is 0 Å². The second kappa shape index (κ2) is 64.1. The third-order valence-electron chi connectivity index (χ3n) is 15.2. The van der Waals surface area contributed by atoms with Gasteiger partial charge < -0.3 is 117 Å². The number of aliphatic carboxylic acids is 8. The fourth-order valence-corrected chi connectivity index (χ4v) is 9.31. The van der Waals surface area contributed by atoms with E-state index >= 15 is 0 Å². The molecule has 0 amide bonds. The van der Waals surface area contributed by atoms with Gasteiger partial charge in [0.1, 0.15) is 44.7 Å². The molecule has 8 rings (SSSR count). The largest absolute Gasteiger partial charge is 0.550 e. The minimum Gasteiger partial charge on any atom is -0.550 e. The van der Waals surface area contributed by atoms with Gasteiger partial charge >= 0.3 is 35.8 Å². The van der Waals surface area contributed by atoms with Crippen LogP contribution in [0, 0.1) is 80.9 Å². The van der Waals surface area contributed by atoms with Gasteiger partial charge in [-0.3, -0.25) is 95.3 Å². The maximum atomic E-state index is 11.1. The van der Waals surface area contributed by atoms with E-state index in [4.69, 9.17) is 30.5 Å². The average molecular weight is 1940 g/mol. The number of carbonyl (C=O) groups is 14. The lowest BCUT2D eigenvalue weighted by Crippen LogP contribution is -2.33. The van der Waals surface area contributed by atoms with E-state index < -0.39 is 155 Å². The van der Waals surface area contributed by atoms with E-state index in [1.54, 1.807) is 48.5 Å². The summed E-state index contributed by atoms with van der Waals surface area (Å²) in [7, 11) is 0. The number of para-hydroxylation sites is 7. The molecule has 137 heavy (non-hydrogen) atoms. The highest BCUT2D eigenvalue weighted by atomic mass is 35.5. The van der Waals surface area contributed by atoms with Gasteiger partial charge in [0.15, 0.2) is 5.97 Å². The van der Waals surface area contributed by atoms with E-state index in [0.717, 1.165) is 0 Å². The van der Waals surface area contributed by atoms with Gasteiger partial charge in [-0.05, 0) is 79.1 Å². The predicted octanol–water partition coefficient (Wildman–Crippen LogP) is 0.156. The van der Waals surface area contributed by atoms with Crippen molar-refractivity contribution in [1.29, 1.82) is 0 Å². The minimum absolute atomic E-state index is 0.0183. The summed E-state index contributed by atoms with van der Waals surface area (Å²) in [5.74, 6) is -17.7. The van der Waals surface area contributed by atoms with Gasteiger partial charge in [0.2, 0.25) is 0 Å². The zero-order chi connectivity index (χ0) is 103. The van der Waals surface area contributed by atoms with E-state index in [9.17, 15) is 189 Å². The third kappa shape index (κ3) is 51.3. The summed E-state index contributed by atoms with van der Waals surface area (Å²) in [5.41, 5.74) is 0.812. The lowest BCUT2D eigenvalue weighted by atomic mass is 10.2. The van der Waals surface area contributed by atoms with Crippen molar-refractivity contribution in [2.24, 2.45) is 0 Å². The molecule has 54 nitrogen and oxygen atoms in total. The molecule has 0 aliphatic carbocycles. The van der Waals surface area contributed by atoms with Gasteiger partial charge in [-0.1, -0.05) is 103 Å². The van der Waals surface area contributed by atoms with E-state index in [0.29, 0.717) is 35.4 Å². The van der Waals surface area contributed by atoms with Crippen molar-refractivity contribution in [1.82, 2.24) is 0 Å². The van der Waals surface area contributed by atoms with Crippen LogP contribution < -0.4 is 40.9 Å². The SMILES string of the molecule is O=C([O-])/C=C/C(=O)OCc1ccccc1[N+](=O)[O-].O=C([O-])/C=C\C(=O)OCc1ccccc1[N+](=O)[O-].O=C([O-])C(=O)OCc1ccccc1[N+](=O)[O-].O=C([O-])CC(=O)OCc1ccccc1[N+](=O)[O-].O=C([O-])CCC(=O)OCc1ccccc1[N+](=O)[O-].O=C([O-])CCC(=O)OCc1ccccc1[N+](=O)[O-].O=C([O-])CCOCc1ccccc1[N+](=O)[O-].O=C([O-])COCc1ccc(Cl)c([N+](=O)[O-])c1. The second-order valence-corrected chi connectivity index (χ2v) is 25.3. The van der Waals surface area contributed by atoms with Crippen LogP contribution in [0.4, 0.5) is 45.5 Å². The third-order valence-corrected chi connectivity index (χ3v) is 15.5. The Labute approximate surface area is 770 Å². The van der Waals surface area contributed by atoms with Crippen LogP contribution in [0.15, 0.2) is 212 Å². The van der Waals surface area contributed by atoms with Crippen molar-refractivity contribution in [3.8, 4) is 0 Å². The quantitative estimate of drug-likeness (QED) is 0.00719. The molecule has 8 aromatic rings. The van der Waals surface area contributed by atoms with Gasteiger partial charge in [-0.2, -0.15) is 0 Å². The number of carboxylic acid groups (broad SMARTS) is 8. The molecule has 0 spiro atoms. The molecule has 0 N–H and O–H groups in total. The Morgan fingerprint density at radius 3 is 0.803 bits per heavy atom. The number of nitro benzene ring substituents is 8. The van der Waals surface area contributed by atoms with E-state index in [-0.39, 0.29) is 156 Å². The van der Waals surface area contributed by atoms with Gasteiger partial charge in [0.05, 0.1) is 148 Å². The molecule has 0 fully saturated rings. The number of ether oxygens (including phenoxy) is 8. The molecule has 0 heterocycles. The van der Waals surface area contributed by atoms with Crippen molar-refractivity contribution in [3.05, 3.63) is 343 Å². The summed E-state index contributed by atoms with van der Waals surface area (Å²) >= 11 is 5.59. The summed E-state index contributed by atoms with van der Waals surface area (Å²) in [6.07, 6.45) is -0.226. The highest BCUT2D eigenvalue weighted by Crippen LogP contribution is 2.28. The first kappa shape index (κ1) is 116. The van der Waals surface area contributed by atoms with Crippen LogP contribution in [-0.2, 0) is 158 Å². The van der Waals surface area contributed by atoms with Gasteiger partial charge in [0, 0.05) is 85.0 Å². The first-order valence-corrected chi connectivity index (χ1v) is 37.6. The van der Waals surface area contributed by atoms with Crippen molar-refractivity contribution in [3.63, 3.8) is 0 Å². The van der Waals surface area contributed by atoms with Crippen LogP contribution in [-0.4, -0.2) is 136 Å². The van der Waals surface area contributed by atoms with Crippen molar-refractivity contribution in [2.45, 2.75) is 91.4 Å². The molecule has 0 bridgehead atoms. The monoisotopic (exact) mass is 1930 g/mol. The van der Waals surface area contributed by atoms with Crippen molar-refractivity contribution >= 4 is 141 Å². The van der Waals surface area contributed by atoms with Gasteiger partial charge in [0.25, 0.3) is 45.5 Å². The van der Waals surface area contributed by atoms with E-state index in [1.807, 2.05) is 0 Å². The van der Waals surface area contributed by atoms with E-state index in [2.05, 4.69) is 18.9 Å². The standard InChI is InChI=1S/2C11H11NO6.2C11H9NO6.C10H9NO6.C10H11NO5.C9H8ClNO5.C9H7NO6/c4*13-10(14)5-6-11(15)18-7-8-3-1-2-4-9(8)12(16)17;12-9(13)5-10(14)17-6-7-3-1-2-4-8(7)11(15)16;12-10(13)5-6-16-7-8-3-1-2-4-9(8)11(14)15;10-7-2-1-6(3-8(7)11(14)15)4-16-5-9(12)13;11-8(12)9(13)16-5-6-3-1-2-4-7(6)10(14)15/h2*1-4H,5-7H2,(H,13,14);2*1-6H,7H2,(H,13,14);1-4H,5-6H2,(H,12,13);1-4H,5-7H2,(H,12,13);1-3H,4-5H2,(H,12,13);1-4H,5H2,(H,11,12)/p-8/b;;6-5+;6-5-;;;;. The molecule has 55 heteroatoms. The Balaban J connectivity index is 0.000000783. The molecule has 0 aliphatic heterocycles. The predicted molar refractivity (Wildman–Crippen MR) is 434 cm³/mol. The summed E-state index contributed by atoms with van der Waals surface area (Å²) in [6.45, 7) is -2.58. The highest BCUT2D eigenvalue weighted by Gasteiger charge is 2.22. The topological polar surface area (TPSA) is 842 Å². The van der Waals surface area contributed by atoms with Gasteiger partial charge in [-0.25, -0.2) is 14.4 Å². The number of halogens is 1. The number of nitrogens with zero attached hydrogens (tertiary/aromatic N) is 8. The van der Waals surface area contributed by atoms with Crippen molar-refractivity contribution in [2.75, 3.05) is 13.2 Å². The number of hydrogen-bond acceptors (Lipinski definition) is 46. The smallest absolute Gasteiger partial charge is 0.354 e. The fourth-order valence-electron chi connectivity index (χ4n) is 9.12. The first-order chi connectivity index (χ1) is 64.6. The zero-order valence-corrected chi connectivity index (χ0v) is 70.5. The van der Waals surface area contributed by atoms with E-state index in [1.165, 1.54) is 140 Å². The van der Waals surface area contributed by atoms with Crippen LogP contribution in [0.1, 0.15) is 83.0 Å². The number of rotatable bonds is 41. The number of esters is 6. The first-order valence-electron chi connectivity index (χ1n) is 37.3. The Morgan fingerprint density at radius 2 is 0.540 bits per heavy atom. The van der Waals surface area contributed by atoms with Crippen LogP contribution in [0.2, 0.25) is 5.02 Å². The van der Waals surface area contributed by atoms with Crippen LogP contribution >= 0.6 is 11.6 Å². The fraction of sp³-hybridized carbons (Fsp3) is 0.195. The number of hydrogen-bond donors (Lipinski definition) is 0. The Kier molecular flexibility index (Phi) is 54.4. The Hall–Kier alpha value is -18.8. The number of carboxylic acids is 8. The lowest BCUT2D eigenvalue weighted by molar-refractivity contribution is -0.386. The normalized spacial score (nSPS) is 9.91. The van der Waals surface area contributed by atoms with Crippen LogP contribution in [0.5, 0.6) is 0 Å². The van der Waals surface area contributed by atoms with Crippen molar-refractivity contribution < 1.29 is 185 Å². The molecule has 0 aromatic heterocycles. The molecule has 0 unspecified atom stereocenters. The average Bonchev–Trinajstić information content (AvgIpc) is 0.833. The number of carbonyl (C=O) groups excluding carboxylic acids is 14. The molecule has 0 atom stereocenters. The molecule has 0 radical (unpaired) electrons. The minimum atomic E-state index is -1.99. The highest BCUT2D eigenvalue weighted by molar-refractivity contribution is 6.32. The summed E-state index contributed by atoms with van der Waals surface area (Å²) in [6, 6.07) is 44.7. The molecular weight excluding hydrogens is 1870 g/mol. The summed E-state index contributed by atoms with van der Waals surface area (Å²) in [4.78, 5) is 226. The Morgan fingerprint density at radius 1 is 0.270 bits per heavy atom. The van der Waals surface area contributed by atoms with Crippen LogP contribution in [0.25, 0.3) is 0 Å². The number of nitro groups is 8. The maximum Gasteiger partial charge on any atom is 0.354 e. The van der Waals surface area contributed by atoms with Crippen LogP contribution in [0.3, 0.4) is 0 Å². The zero-order valence-electron chi connectivity index (χ0n) is 69.8. The second-order valence-electron chi connectivity index (χ2n) is 24.9. The lowest BCUT2D eigenvalue weighted by Gasteiger charge is -2.05. The number of benzene rings is 8. The molecular formula is C82H67ClN8O46-8.